The monoisotopic (exact) mass is 619 g/mol. The second-order valence-corrected chi connectivity index (χ2v) is 16.4. The van der Waals surface area contributed by atoms with Gasteiger partial charge in [0.2, 0.25) is 14.3 Å². The molecule has 0 unspecified atom stereocenters. The van der Waals surface area contributed by atoms with E-state index in [-0.39, 0.29) is 31.4 Å². The lowest BCUT2D eigenvalue weighted by Crippen LogP contribution is -2.45. The maximum Gasteiger partial charge on any atom is 0.264 e. The van der Waals surface area contributed by atoms with Gasteiger partial charge in [0.05, 0.1) is 29.7 Å². The lowest BCUT2D eigenvalue weighted by Gasteiger charge is -2.31. The summed E-state index contributed by atoms with van der Waals surface area (Å²) in [6.45, 7) is 5.20. The summed E-state index contributed by atoms with van der Waals surface area (Å²) in [4.78, 5) is 29.1. The van der Waals surface area contributed by atoms with Crippen molar-refractivity contribution in [3.8, 4) is 0 Å². The van der Waals surface area contributed by atoms with Crippen molar-refractivity contribution < 1.29 is 23.5 Å². The van der Waals surface area contributed by atoms with E-state index in [1.165, 1.54) is 5.01 Å². The Morgan fingerprint density at radius 3 is 2.56 bits per heavy atom. The van der Waals surface area contributed by atoms with E-state index < -0.39 is 31.6 Å². The number of aliphatic hydroxyl groups excluding tert-OH is 1. The Kier molecular flexibility index (Phi) is 7.79. The molecule has 43 heavy (non-hydrogen) atoms. The fourth-order valence-electron chi connectivity index (χ4n) is 7.13. The van der Waals surface area contributed by atoms with Crippen LogP contribution < -0.4 is 9.91 Å². The standard InChI is InChI=1S/C33H35ClFN3O4Si/c1-21-31(43(2,3)35)29(16-17-39)42-33(21)26-19-24(34)12-14-28(26)37(32(33)41)20-22-8-7-11-25(18-22)38-30(40)15-13-27(36-38)23-9-5-4-6-10-23/h4-12,14,18-19,21,29,31,39H,13,15-17,20H2,1-3H3/t21-,29+,31-,33+/m0/s1. The van der Waals surface area contributed by atoms with Crippen LogP contribution in [0.15, 0.2) is 77.9 Å². The van der Waals surface area contributed by atoms with E-state index in [0.717, 1.165) is 16.8 Å². The van der Waals surface area contributed by atoms with Gasteiger partial charge < -0.3 is 18.9 Å². The first-order valence-corrected chi connectivity index (χ1v) is 18.0. The van der Waals surface area contributed by atoms with Crippen LogP contribution in [0, 0.1) is 5.92 Å². The lowest BCUT2D eigenvalue weighted by atomic mass is 9.82. The van der Waals surface area contributed by atoms with E-state index in [0.29, 0.717) is 34.8 Å². The summed E-state index contributed by atoms with van der Waals surface area (Å²) in [5.74, 6) is -0.835. The van der Waals surface area contributed by atoms with Crippen molar-refractivity contribution in [2.75, 3.05) is 16.5 Å². The zero-order chi connectivity index (χ0) is 30.5. The van der Waals surface area contributed by atoms with Crippen molar-refractivity contribution >= 4 is 48.9 Å². The Balaban J connectivity index is 1.35. The van der Waals surface area contributed by atoms with E-state index in [2.05, 4.69) is 0 Å². The van der Waals surface area contributed by atoms with Crippen molar-refractivity contribution in [3.05, 3.63) is 94.5 Å². The minimum atomic E-state index is -3.29. The summed E-state index contributed by atoms with van der Waals surface area (Å²) in [7, 11) is -3.29. The SMILES string of the molecule is C[C@H]1[C@H]([Si](C)(C)F)[C@@H](CCO)O[C@]12C(=O)N(Cc1cccc(N3N=C(c4ccccc4)CCC3=O)c1)c1ccc(Cl)cc12. The molecule has 224 valence electrons. The molecule has 1 fully saturated rings. The third kappa shape index (κ3) is 5.12. The van der Waals surface area contributed by atoms with Gasteiger partial charge in [-0.15, -0.1) is 0 Å². The van der Waals surface area contributed by atoms with Gasteiger partial charge in [-0.3, -0.25) is 9.59 Å². The molecule has 6 rings (SSSR count). The van der Waals surface area contributed by atoms with Crippen molar-refractivity contribution in [2.45, 2.75) is 63.1 Å². The van der Waals surface area contributed by atoms with E-state index in [1.807, 2.05) is 61.5 Å². The number of fused-ring (bicyclic) bond motifs is 2. The molecule has 0 aliphatic carbocycles. The quantitative estimate of drug-likeness (QED) is 0.239. The molecule has 2 amide bonds. The molecule has 1 spiro atoms. The van der Waals surface area contributed by atoms with Gasteiger partial charge in [0.1, 0.15) is 0 Å². The highest BCUT2D eigenvalue weighted by atomic mass is 35.5. The molecule has 1 saturated heterocycles. The summed E-state index contributed by atoms with van der Waals surface area (Å²) < 4.78 is 22.3. The molecule has 7 nitrogen and oxygen atoms in total. The number of carbonyl (C=O) groups is 2. The van der Waals surface area contributed by atoms with Gasteiger partial charge in [0.15, 0.2) is 5.60 Å². The van der Waals surface area contributed by atoms with Gasteiger partial charge in [0.25, 0.3) is 5.91 Å². The number of hydrogen-bond acceptors (Lipinski definition) is 5. The molecule has 10 heteroatoms. The number of halogens is 2. The molecule has 3 aliphatic heterocycles. The molecule has 3 aromatic carbocycles. The molecular formula is C33H35ClFN3O4Si. The molecule has 4 atom stereocenters. The molecule has 1 N–H and O–H groups in total. The highest BCUT2D eigenvalue weighted by Gasteiger charge is 2.66. The Labute approximate surface area is 257 Å². The van der Waals surface area contributed by atoms with Crippen LogP contribution in [0.4, 0.5) is 15.5 Å². The van der Waals surface area contributed by atoms with Crippen molar-refractivity contribution in [3.63, 3.8) is 0 Å². The Bertz CT molecular complexity index is 1600. The second kappa shape index (κ2) is 11.3. The summed E-state index contributed by atoms with van der Waals surface area (Å²) in [5.41, 5.74) is 2.62. The van der Waals surface area contributed by atoms with Crippen LogP contribution in [0.3, 0.4) is 0 Å². The van der Waals surface area contributed by atoms with Crippen LogP contribution in [0.1, 0.15) is 42.9 Å². The first-order valence-electron chi connectivity index (χ1n) is 14.7. The largest absolute Gasteiger partial charge is 0.396 e. The van der Waals surface area contributed by atoms with Gasteiger partial charge in [-0.1, -0.05) is 61.0 Å². The Morgan fingerprint density at radius 1 is 1.07 bits per heavy atom. The van der Waals surface area contributed by atoms with E-state index in [9.17, 15) is 14.7 Å². The van der Waals surface area contributed by atoms with Gasteiger partial charge in [0, 0.05) is 41.5 Å². The molecule has 0 aromatic heterocycles. The maximum absolute atomic E-state index is 15.8. The van der Waals surface area contributed by atoms with Crippen LogP contribution in [0.25, 0.3) is 0 Å². The van der Waals surface area contributed by atoms with Crippen LogP contribution >= 0.6 is 11.6 Å². The predicted molar refractivity (Wildman–Crippen MR) is 169 cm³/mol. The smallest absolute Gasteiger partial charge is 0.264 e. The van der Waals surface area contributed by atoms with Gasteiger partial charge in [-0.2, -0.15) is 5.10 Å². The number of aliphatic hydroxyl groups is 1. The summed E-state index contributed by atoms with van der Waals surface area (Å²) >= 11 is 6.45. The average Bonchev–Trinajstić information content (AvgIpc) is 3.40. The summed E-state index contributed by atoms with van der Waals surface area (Å²) in [6.07, 6.45) is 0.571. The fraction of sp³-hybridized carbons (Fsp3) is 0.364. The number of nitrogens with zero attached hydrogens (tertiary/aromatic N) is 3. The van der Waals surface area contributed by atoms with Gasteiger partial charge in [-0.25, -0.2) is 5.01 Å². The molecule has 0 radical (unpaired) electrons. The minimum Gasteiger partial charge on any atom is -0.396 e. The van der Waals surface area contributed by atoms with Gasteiger partial charge >= 0.3 is 0 Å². The second-order valence-electron chi connectivity index (χ2n) is 12.1. The first-order chi connectivity index (χ1) is 20.5. The zero-order valence-corrected chi connectivity index (χ0v) is 26.2. The zero-order valence-electron chi connectivity index (χ0n) is 24.5. The fourth-order valence-corrected chi connectivity index (χ4v) is 9.85. The number of hydrogen-bond donors (Lipinski definition) is 1. The molecule has 3 aromatic rings. The first kappa shape index (κ1) is 29.7. The number of amides is 2. The van der Waals surface area contributed by atoms with Crippen molar-refractivity contribution in [1.82, 2.24) is 0 Å². The van der Waals surface area contributed by atoms with Crippen LogP contribution in [0.5, 0.6) is 0 Å². The van der Waals surface area contributed by atoms with Crippen molar-refractivity contribution in [1.29, 1.82) is 0 Å². The minimum absolute atomic E-state index is 0.0971. The van der Waals surface area contributed by atoms with Crippen LogP contribution in [-0.4, -0.2) is 43.8 Å². The molecule has 3 aliphatic rings. The normalized spacial score (nSPS) is 25.4. The van der Waals surface area contributed by atoms with Crippen molar-refractivity contribution in [2.24, 2.45) is 11.0 Å². The number of anilines is 2. The predicted octanol–water partition coefficient (Wildman–Crippen LogP) is 6.58. The number of carbonyl (C=O) groups excluding carboxylic acids is 2. The molecule has 0 bridgehead atoms. The third-order valence-corrected chi connectivity index (χ3v) is 11.7. The third-order valence-electron chi connectivity index (χ3n) is 8.97. The summed E-state index contributed by atoms with van der Waals surface area (Å²) in [5, 5.41) is 16.4. The van der Waals surface area contributed by atoms with Gasteiger partial charge in [-0.05, 0) is 61.0 Å². The van der Waals surface area contributed by atoms with Crippen LogP contribution in [0.2, 0.25) is 23.7 Å². The van der Waals surface area contributed by atoms with E-state index in [4.69, 9.17) is 21.4 Å². The summed E-state index contributed by atoms with van der Waals surface area (Å²) in [6, 6.07) is 22.6. The Morgan fingerprint density at radius 2 is 1.84 bits per heavy atom. The lowest BCUT2D eigenvalue weighted by molar-refractivity contribution is -0.146. The number of rotatable bonds is 7. The Hall–Kier alpha value is -3.37. The molecular weight excluding hydrogens is 585 g/mol. The molecule has 3 heterocycles. The topological polar surface area (TPSA) is 82.4 Å². The number of ether oxygens (including phenoxy) is 1. The maximum atomic E-state index is 15.8. The highest BCUT2D eigenvalue weighted by Crippen LogP contribution is 2.60. The van der Waals surface area contributed by atoms with Crippen LogP contribution in [-0.2, 0) is 26.5 Å². The number of hydrazone groups is 1. The molecule has 0 saturated carbocycles. The number of benzene rings is 3. The van der Waals surface area contributed by atoms with E-state index in [1.54, 1.807) is 36.2 Å². The van der Waals surface area contributed by atoms with E-state index >= 15 is 4.11 Å². The highest BCUT2D eigenvalue weighted by molar-refractivity contribution is 6.72. The average molecular weight is 620 g/mol.